The monoisotopic (exact) mass is 387 g/mol. The van der Waals surface area contributed by atoms with Crippen LogP contribution in [-0.2, 0) is 14.3 Å². The molecule has 1 N–H and O–H groups in total. The van der Waals surface area contributed by atoms with Crippen LogP contribution >= 0.6 is 11.3 Å². The van der Waals surface area contributed by atoms with Gasteiger partial charge in [0.25, 0.3) is 0 Å². The molecule has 0 radical (unpaired) electrons. The highest BCUT2D eigenvalue weighted by Crippen LogP contribution is 2.29. The molecular weight excluding hydrogens is 362 g/mol. The van der Waals surface area contributed by atoms with Gasteiger partial charge in [-0.05, 0) is 31.4 Å². The third kappa shape index (κ3) is 5.29. The van der Waals surface area contributed by atoms with Crippen LogP contribution in [0.5, 0.6) is 0 Å². The SMILES string of the molecule is COC(=O)CCCCCNc1nc(-c2cccc(N3CCCC3=O)c2)cs1. The van der Waals surface area contributed by atoms with Gasteiger partial charge in [-0.1, -0.05) is 18.6 Å². The van der Waals surface area contributed by atoms with Crippen LogP contribution < -0.4 is 10.2 Å². The summed E-state index contributed by atoms with van der Waals surface area (Å²) in [5.74, 6) is 0.0466. The summed E-state index contributed by atoms with van der Waals surface area (Å²) in [6.45, 7) is 1.62. The molecule has 2 aromatic rings. The van der Waals surface area contributed by atoms with Crippen molar-refractivity contribution >= 4 is 34.0 Å². The number of carbonyl (C=O) groups excluding carboxylic acids is 2. The number of methoxy groups -OCH3 is 1. The molecule has 7 heteroatoms. The van der Waals surface area contributed by atoms with Gasteiger partial charge in [-0.25, -0.2) is 4.98 Å². The normalized spacial score (nSPS) is 13.8. The van der Waals surface area contributed by atoms with Crippen LogP contribution in [-0.4, -0.2) is 37.1 Å². The molecule has 2 heterocycles. The molecule has 1 amide bonds. The van der Waals surface area contributed by atoms with E-state index in [1.807, 2.05) is 34.5 Å². The van der Waals surface area contributed by atoms with Crippen LogP contribution in [0.1, 0.15) is 38.5 Å². The van der Waals surface area contributed by atoms with Gasteiger partial charge in [-0.3, -0.25) is 9.59 Å². The van der Waals surface area contributed by atoms with E-state index in [2.05, 4.69) is 15.0 Å². The lowest BCUT2D eigenvalue weighted by atomic mass is 10.1. The number of hydrogen-bond acceptors (Lipinski definition) is 6. The standard InChI is InChI=1S/C20H25N3O3S/c1-26-19(25)10-3-2-4-11-21-20-22-17(14-27-20)15-7-5-8-16(13-15)23-12-6-9-18(23)24/h5,7-8,13-14H,2-4,6,9-12H2,1H3,(H,21,22). The molecule has 27 heavy (non-hydrogen) atoms. The number of unbranched alkanes of at least 4 members (excludes halogenated alkanes) is 2. The number of thiazole rings is 1. The molecule has 0 unspecified atom stereocenters. The Balaban J connectivity index is 1.50. The highest BCUT2D eigenvalue weighted by Gasteiger charge is 2.21. The van der Waals surface area contributed by atoms with Gasteiger partial charge in [0.05, 0.1) is 12.8 Å². The van der Waals surface area contributed by atoms with Gasteiger partial charge in [-0.15, -0.1) is 11.3 Å². The number of ether oxygens (including phenoxy) is 1. The minimum absolute atomic E-state index is 0.148. The fourth-order valence-corrected chi connectivity index (χ4v) is 3.86. The van der Waals surface area contributed by atoms with E-state index in [0.717, 1.165) is 60.8 Å². The summed E-state index contributed by atoms with van der Waals surface area (Å²) >= 11 is 1.58. The number of nitrogens with zero attached hydrogens (tertiary/aromatic N) is 2. The number of hydrogen-bond donors (Lipinski definition) is 1. The van der Waals surface area contributed by atoms with E-state index in [4.69, 9.17) is 0 Å². The molecule has 1 aliphatic heterocycles. The van der Waals surface area contributed by atoms with E-state index in [-0.39, 0.29) is 11.9 Å². The molecular formula is C20H25N3O3S. The highest BCUT2D eigenvalue weighted by atomic mass is 32.1. The number of amides is 1. The van der Waals surface area contributed by atoms with Gasteiger partial charge < -0.3 is 15.0 Å². The predicted octanol–water partition coefficient (Wildman–Crippen LogP) is 4.08. The van der Waals surface area contributed by atoms with Gasteiger partial charge in [0.1, 0.15) is 0 Å². The second-order valence-electron chi connectivity index (χ2n) is 6.55. The van der Waals surface area contributed by atoms with E-state index in [0.29, 0.717) is 12.8 Å². The Morgan fingerprint density at radius 3 is 3.00 bits per heavy atom. The molecule has 0 bridgehead atoms. The van der Waals surface area contributed by atoms with E-state index >= 15 is 0 Å². The largest absolute Gasteiger partial charge is 0.469 e. The maximum Gasteiger partial charge on any atom is 0.305 e. The molecule has 1 aromatic heterocycles. The molecule has 1 fully saturated rings. The fourth-order valence-electron chi connectivity index (χ4n) is 3.11. The minimum Gasteiger partial charge on any atom is -0.469 e. The van der Waals surface area contributed by atoms with Gasteiger partial charge in [0.2, 0.25) is 5.91 Å². The van der Waals surface area contributed by atoms with Crippen molar-refractivity contribution in [3.8, 4) is 11.3 Å². The quantitative estimate of drug-likeness (QED) is 0.518. The first kappa shape index (κ1) is 19.4. The topological polar surface area (TPSA) is 71.5 Å². The van der Waals surface area contributed by atoms with Crippen LogP contribution in [0.4, 0.5) is 10.8 Å². The molecule has 3 rings (SSSR count). The Kier molecular flexibility index (Phi) is 6.81. The van der Waals surface area contributed by atoms with Crippen LogP contribution in [0.2, 0.25) is 0 Å². The van der Waals surface area contributed by atoms with Crippen LogP contribution in [0.25, 0.3) is 11.3 Å². The summed E-state index contributed by atoms with van der Waals surface area (Å²) < 4.78 is 4.63. The zero-order valence-electron chi connectivity index (χ0n) is 15.6. The lowest BCUT2D eigenvalue weighted by Gasteiger charge is -2.16. The zero-order chi connectivity index (χ0) is 19.1. The minimum atomic E-state index is -0.148. The summed E-state index contributed by atoms with van der Waals surface area (Å²) in [5.41, 5.74) is 2.89. The van der Waals surface area contributed by atoms with Crippen LogP contribution in [0.3, 0.4) is 0 Å². The average molecular weight is 388 g/mol. The van der Waals surface area contributed by atoms with Crippen LogP contribution in [0, 0.1) is 0 Å². The molecule has 6 nitrogen and oxygen atoms in total. The van der Waals surface area contributed by atoms with Crippen LogP contribution in [0.15, 0.2) is 29.6 Å². The summed E-state index contributed by atoms with van der Waals surface area (Å²) in [4.78, 5) is 29.5. The molecule has 1 aromatic carbocycles. The van der Waals surface area contributed by atoms with E-state index in [9.17, 15) is 9.59 Å². The van der Waals surface area contributed by atoms with Crippen molar-refractivity contribution in [1.29, 1.82) is 0 Å². The predicted molar refractivity (Wildman–Crippen MR) is 108 cm³/mol. The number of anilines is 2. The molecule has 0 aliphatic carbocycles. The molecule has 1 aliphatic rings. The molecule has 144 valence electrons. The number of nitrogens with one attached hydrogen (secondary N) is 1. The van der Waals surface area contributed by atoms with Crippen molar-refractivity contribution in [3.63, 3.8) is 0 Å². The van der Waals surface area contributed by atoms with Crippen molar-refractivity contribution in [2.45, 2.75) is 38.5 Å². The second kappa shape index (κ2) is 9.50. The molecule has 0 saturated carbocycles. The Morgan fingerprint density at radius 1 is 1.33 bits per heavy atom. The number of carbonyl (C=O) groups is 2. The number of esters is 1. The van der Waals surface area contributed by atoms with Crippen molar-refractivity contribution in [3.05, 3.63) is 29.6 Å². The number of aromatic nitrogens is 1. The lowest BCUT2D eigenvalue weighted by molar-refractivity contribution is -0.140. The van der Waals surface area contributed by atoms with Gasteiger partial charge in [-0.2, -0.15) is 0 Å². The smallest absolute Gasteiger partial charge is 0.305 e. The van der Waals surface area contributed by atoms with Crippen molar-refractivity contribution in [2.75, 3.05) is 30.4 Å². The Hall–Kier alpha value is -2.41. The van der Waals surface area contributed by atoms with Gasteiger partial charge in [0, 0.05) is 42.6 Å². The Bertz CT molecular complexity index is 790. The van der Waals surface area contributed by atoms with Crippen molar-refractivity contribution in [2.24, 2.45) is 0 Å². The van der Waals surface area contributed by atoms with E-state index < -0.39 is 0 Å². The Morgan fingerprint density at radius 2 is 2.22 bits per heavy atom. The maximum atomic E-state index is 12.0. The van der Waals surface area contributed by atoms with Gasteiger partial charge >= 0.3 is 5.97 Å². The summed E-state index contributed by atoms with van der Waals surface area (Å²) in [6, 6.07) is 8.02. The summed E-state index contributed by atoms with van der Waals surface area (Å²) in [5, 5.41) is 6.26. The Labute approximate surface area is 163 Å². The summed E-state index contributed by atoms with van der Waals surface area (Å²) in [7, 11) is 1.42. The van der Waals surface area contributed by atoms with E-state index in [1.54, 1.807) is 11.3 Å². The highest BCUT2D eigenvalue weighted by molar-refractivity contribution is 7.14. The molecule has 0 spiro atoms. The first-order valence-corrected chi connectivity index (χ1v) is 10.2. The van der Waals surface area contributed by atoms with Crippen molar-refractivity contribution in [1.82, 2.24) is 4.98 Å². The third-order valence-corrected chi connectivity index (χ3v) is 5.39. The fraction of sp³-hybridized carbons (Fsp3) is 0.450. The molecule has 1 saturated heterocycles. The zero-order valence-corrected chi connectivity index (χ0v) is 16.4. The molecule has 0 atom stereocenters. The number of benzene rings is 1. The first-order valence-electron chi connectivity index (χ1n) is 9.34. The summed E-state index contributed by atoms with van der Waals surface area (Å²) in [6.07, 6.45) is 4.85. The third-order valence-electron chi connectivity index (χ3n) is 4.59. The number of rotatable bonds is 9. The first-order chi connectivity index (χ1) is 13.2. The average Bonchev–Trinajstić information content (AvgIpc) is 3.33. The maximum absolute atomic E-state index is 12.0. The second-order valence-corrected chi connectivity index (χ2v) is 7.41. The lowest BCUT2D eigenvalue weighted by Crippen LogP contribution is -2.23. The van der Waals surface area contributed by atoms with E-state index in [1.165, 1.54) is 7.11 Å². The van der Waals surface area contributed by atoms with Crippen molar-refractivity contribution < 1.29 is 14.3 Å². The van der Waals surface area contributed by atoms with Gasteiger partial charge in [0.15, 0.2) is 5.13 Å².